The van der Waals surface area contributed by atoms with Crippen LogP contribution >= 0.6 is 0 Å². The smallest absolute Gasteiger partial charge is 0.329 e. The van der Waals surface area contributed by atoms with Gasteiger partial charge in [-0.3, -0.25) is 19.8 Å². The summed E-state index contributed by atoms with van der Waals surface area (Å²) in [6, 6.07) is 10.9. The lowest BCUT2D eigenvalue weighted by Crippen LogP contribution is -2.31. The van der Waals surface area contributed by atoms with Gasteiger partial charge in [0, 0.05) is 18.7 Å². The third-order valence-electron chi connectivity index (χ3n) is 4.50. The van der Waals surface area contributed by atoms with E-state index < -0.39 is 11.0 Å². The van der Waals surface area contributed by atoms with Gasteiger partial charge in [-0.1, -0.05) is 25.1 Å². The van der Waals surface area contributed by atoms with Gasteiger partial charge < -0.3 is 14.8 Å². The van der Waals surface area contributed by atoms with E-state index in [1.54, 1.807) is 36.4 Å². The molecule has 0 aromatic heterocycles. The molecule has 9 heteroatoms. The summed E-state index contributed by atoms with van der Waals surface area (Å²) in [6.07, 6.45) is 2.26. The number of carbonyl (C=O) groups is 2. The van der Waals surface area contributed by atoms with Crippen LogP contribution in [0, 0.1) is 10.1 Å². The predicted molar refractivity (Wildman–Crippen MR) is 114 cm³/mol. The maximum absolute atomic E-state index is 12.4. The lowest BCUT2D eigenvalue weighted by molar-refractivity contribution is -0.384. The van der Waals surface area contributed by atoms with Crippen LogP contribution in [0.3, 0.4) is 0 Å². The van der Waals surface area contributed by atoms with Gasteiger partial charge in [0.05, 0.1) is 11.5 Å². The lowest BCUT2D eigenvalue weighted by Gasteiger charge is -2.13. The molecule has 0 aliphatic carbocycles. The van der Waals surface area contributed by atoms with Crippen molar-refractivity contribution in [2.75, 3.05) is 13.2 Å². The third-order valence-corrected chi connectivity index (χ3v) is 4.50. The molecule has 1 aliphatic rings. The molecule has 1 fully saturated rings. The molecule has 1 N–H and O–H groups in total. The highest BCUT2D eigenvalue weighted by molar-refractivity contribution is 6.13. The Balaban J connectivity index is 1.78. The molecule has 1 heterocycles. The highest BCUT2D eigenvalue weighted by Crippen LogP contribution is 2.30. The molecule has 0 spiro atoms. The van der Waals surface area contributed by atoms with Crippen LogP contribution in [-0.4, -0.2) is 34.9 Å². The zero-order valence-electron chi connectivity index (χ0n) is 17.3. The maximum Gasteiger partial charge on any atom is 0.329 e. The van der Waals surface area contributed by atoms with Gasteiger partial charge in [-0.15, -0.1) is 0 Å². The molecule has 3 rings (SSSR count). The van der Waals surface area contributed by atoms with E-state index >= 15 is 0 Å². The van der Waals surface area contributed by atoms with Crippen molar-refractivity contribution in [2.24, 2.45) is 0 Å². The summed E-state index contributed by atoms with van der Waals surface area (Å²) in [6.45, 7) is 4.61. The molecule has 31 heavy (non-hydrogen) atoms. The van der Waals surface area contributed by atoms with Crippen LogP contribution in [0.1, 0.15) is 31.4 Å². The first-order valence-electron chi connectivity index (χ1n) is 9.90. The summed E-state index contributed by atoms with van der Waals surface area (Å²) in [5.74, 6) is 0.560. The largest absolute Gasteiger partial charge is 0.490 e. The predicted octanol–water partition coefficient (Wildman–Crippen LogP) is 3.88. The van der Waals surface area contributed by atoms with Crippen molar-refractivity contribution < 1.29 is 24.0 Å². The van der Waals surface area contributed by atoms with Gasteiger partial charge in [0.1, 0.15) is 12.3 Å². The maximum atomic E-state index is 12.4. The van der Waals surface area contributed by atoms with Crippen LogP contribution in [0.15, 0.2) is 48.2 Å². The summed E-state index contributed by atoms with van der Waals surface area (Å²) >= 11 is 0. The summed E-state index contributed by atoms with van der Waals surface area (Å²) in [4.78, 5) is 36.0. The number of nitro benzene ring substituents is 1. The highest BCUT2D eigenvalue weighted by atomic mass is 16.6. The number of imide groups is 1. The van der Waals surface area contributed by atoms with Gasteiger partial charge in [0.25, 0.3) is 11.6 Å². The summed E-state index contributed by atoms with van der Waals surface area (Å²) < 4.78 is 11.5. The molecule has 9 nitrogen and oxygen atoms in total. The molecule has 3 amide bonds. The fraction of sp³-hybridized carbons (Fsp3) is 0.273. The Hall–Kier alpha value is -3.88. The number of hydrogen-bond acceptors (Lipinski definition) is 6. The first-order valence-corrected chi connectivity index (χ1v) is 9.90. The topological polar surface area (TPSA) is 111 Å². The number of nitro groups is 1. The van der Waals surface area contributed by atoms with Crippen molar-refractivity contribution in [1.82, 2.24) is 10.2 Å². The Morgan fingerprint density at radius 3 is 2.61 bits per heavy atom. The minimum atomic E-state index is -0.456. The summed E-state index contributed by atoms with van der Waals surface area (Å²) in [5, 5.41) is 13.5. The van der Waals surface area contributed by atoms with Crippen LogP contribution < -0.4 is 14.8 Å². The number of nitrogens with one attached hydrogen (secondary N) is 1. The Labute approximate surface area is 179 Å². The summed E-state index contributed by atoms with van der Waals surface area (Å²) in [7, 11) is 0. The van der Waals surface area contributed by atoms with Crippen LogP contribution in [0.2, 0.25) is 0 Å². The number of hydrogen-bond donors (Lipinski definition) is 1. The minimum absolute atomic E-state index is 0.00602. The first kappa shape index (κ1) is 21.8. The molecule has 2 aromatic carbocycles. The number of rotatable bonds is 9. The normalized spacial score (nSPS) is 14.6. The Morgan fingerprint density at radius 1 is 1.10 bits per heavy atom. The lowest BCUT2D eigenvalue weighted by atomic mass is 10.1. The first-order chi connectivity index (χ1) is 14.9. The van der Waals surface area contributed by atoms with Gasteiger partial charge in [-0.05, 0) is 42.7 Å². The molecule has 1 saturated heterocycles. The Kier molecular flexibility index (Phi) is 6.86. The van der Waals surface area contributed by atoms with Gasteiger partial charge in [0.2, 0.25) is 0 Å². The zero-order chi connectivity index (χ0) is 22.4. The van der Waals surface area contributed by atoms with E-state index in [4.69, 9.17) is 9.47 Å². The van der Waals surface area contributed by atoms with Crippen molar-refractivity contribution in [3.05, 3.63) is 69.4 Å². The van der Waals surface area contributed by atoms with Gasteiger partial charge in [-0.2, -0.15) is 0 Å². The van der Waals surface area contributed by atoms with Gasteiger partial charge in [-0.25, -0.2) is 4.79 Å². The zero-order valence-corrected chi connectivity index (χ0v) is 17.3. The number of nitrogens with zero attached hydrogens (tertiary/aromatic N) is 2. The molecule has 0 atom stereocenters. The quantitative estimate of drug-likeness (QED) is 0.283. The van der Waals surface area contributed by atoms with E-state index in [0.717, 1.165) is 0 Å². The number of carbonyl (C=O) groups excluding carboxylic acids is 2. The van der Waals surface area contributed by atoms with E-state index in [0.29, 0.717) is 42.2 Å². The van der Waals surface area contributed by atoms with E-state index in [2.05, 4.69) is 5.32 Å². The van der Waals surface area contributed by atoms with Crippen molar-refractivity contribution in [1.29, 1.82) is 0 Å². The molecule has 1 aliphatic heterocycles. The van der Waals surface area contributed by atoms with Gasteiger partial charge >= 0.3 is 6.03 Å². The number of benzene rings is 2. The molecular weight excluding hydrogens is 402 g/mol. The minimum Gasteiger partial charge on any atom is -0.490 e. The van der Waals surface area contributed by atoms with E-state index in [1.165, 1.54) is 17.0 Å². The highest BCUT2D eigenvalue weighted by Gasteiger charge is 2.32. The van der Waals surface area contributed by atoms with Crippen LogP contribution in [0.5, 0.6) is 11.5 Å². The number of non-ortho nitro benzene ring substituents is 1. The molecular formula is C22H23N3O6. The monoisotopic (exact) mass is 425 g/mol. The van der Waals surface area contributed by atoms with Crippen molar-refractivity contribution in [2.45, 2.75) is 26.9 Å². The second-order valence-electron chi connectivity index (χ2n) is 6.80. The Morgan fingerprint density at radius 2 is 1.90 bits per heavy atom. The second-order valence-corrected chi connectivity index (χ2v) is 6.80. The SMILES string of the molecule is CCCN1C(=O)N/C(=C/c2ccc(OCc3cccc([N+](=O)[O-])c3)c(OCC)c2)C1=O. The molecule has 0 unspecified atom stereocenters. The fourth-order valence-electron chi connectivity index (χ4n) is 3.09. The van der Waals surface area contributed by atoms with E-state index in [-0.39, 0.29) is 23.9 Å². The summed E-state index contributed by atoms with van der Waals surface area (Å²) in [5.41, 5.74) is 1.51. The van der Waals surface area contributed by atoms with Crippen LogP contribution in [-0.2, 0) is 11.4 Å². The Bertz CT molecular complexity index is 1030. The molecule has 0 bridgehead atoms. The number of ether oxygens (including phenoxy) is 2. The van der Waals surface area contributed by atoms with Crippen molar-refractivity contribution in [3.63, 3.8) is 0 Å². The molecule has 0 saturated carbocycles. The van der Waals surface area contributed by atoms with Gasteiger partial charge in [0.15, 0.2) is 11.5 Å². The third kappa shape index (κ3) is 5.19. The van der Waals surface area contributed by atoms with Crippen LogP contribution in [0.25, 0.3) is 6.08 Å². The average molecular weight is 425 g/mol. The fourth-order valence-corrected chi connectivity index (χ4v) is 3.09. The van der Waals surface area contributed by atoms with E-state index in [1.807, 2.05) is 13.8 Å². The molecule has 2 aromatic rings. The van der Waals surface area contributed by atoms with Crippen molar-refractivity contribution >= 4 is 23.7 Å². The molecule has 162 valence electrons. The molecule has 0 radical (unpaired) electrons. The standard InChI is InChI=1S/C22H23N3O6/c1-3-10-24-21(26)18(23-22(24)27)12-15-8-9-19(20(13-15)30-4-2)31-14-16-6-5-7-17(11-16)25(28)29/h5-9,11-13H,3-4,10,14H2,1-2H3,(H,23,27)/b18-12+. The van der Waals surface area contributed by atoms with Crippen LogP contribution in [0.4, 0.5) is 10.5 Å². The number of urea groups is 1. The average Bonchev–Trinajstić information content (AvgIpc) is 3.01. The number of amides is 3. The second kappa shape index (κ2) is 9.75. The van der Waals surface area contributed by atoms with Crippen molar-refractivity contribution in [3.8, 4) is 11.5 Å². The van der Waals surface area contributed by atoms with E-state index in [9.17, 15) is 19.7 Å².